The largest absolute Gasteiger partial charge is 0.304 e. The molecule has 0 bridgehead atoms. The Bertz CT molecular complexity index is 428. The van der Waals surface area contributed by atoms with Crippen LogP contribution in [0.1, 0.15) is 17.3 Å². The highest BCUT2D eigenvalue weighted by Crippen LogP contribution is 2.19. The second-order valence-electron chi connectivity index (χ2n) is 5.08. The first kappa shape index (κ1) is 14.6. The van der Waals surface area contributed by atoms with Gasteiger partial charge in [0.15, 0.2) is 5.78 Å². The Morgan fingerprint density at radius 1 is 1.26 bits per heavy atom. The highest BCUT2D eigenvalue weighted by molar-refractivity contribution is 7.99. The fraction of sp³-hybridized carbons (Fsp3) is 0.533. The van der Waals surface area contributed by atoms with Crippen LogP contribution in [0.2, 0.25) is 0 Å². The Morgan fingerprint density at radius 3 is 2.68 bits per heavy atom. The molecule has 1 fully saturated rings. The number of ketones is 1. The monoisotopic (exact) mass is 278 g/mol. The van der Waals surface area contributed by atoms with Crippen LogP contribution in [0.4, 0.5) is 0 Å². The van der Waals surface area contributed by atoms with E-state index < -0.39 is 0 Å². The molecule has 0 aromatic heterocycles. The molecule has 1 saturated heterocycles. The van der Waals surface area contributed by atoms with Crippen molar-refractivity contribution >= 4 is 17.5 Å². The molecule has 2 rings (SSSR count). The SMILES string of the molecule is CC(=O)c1cccc(SCCN2CCN(C)CC2)c1. The second-order valence-corrected chi connectivity index (χ2v) is 6.25. The van der Waals surface area contributed by atoms with Crippen molar-refractivity contribution in [3.63, 3.8) is 0 Å². The number of Topliss-reactive ketones (excluding diaryl/α,β-unsaturated/α-hetero) is 1. The zero-order valence-electron chi connectivity index (χ0n) is 11.8. The summed E-state index contributed by atoms with van der Waals surface area (Å²) >= 11 is 1.84. The van der Waals surface area contributed by atoms with Crippen LogP contribution in [0.25, 0.3) is 0 Å². The maximum Gasteiger partial charge on any atom is 0.159 e. The number of likely N-dealkylation sites (N-methyl/N-ethyl adjacent to an activating group) is 1. The summed E-state index contributed by atoms with van der Waals surface area (Å²) in [5.74, 6) is 1.23. The van der Waals surface area contributed by atoms with Crippen LogP contribution in [-0.4, -0.2) is 61.1 Å². The van der Waals surface area contributed by atoms with Crippen LogP contribution in [0, 0.1) is 0 Å². The van der Waals surface area contributed by atoms with E-state index in [4.69, 9.17) is 0 Å². The van der Waals surface area contributed by atoms with Gasteiger partial charge in [-0.1, -0.05) is 12.1 Å². The van der Waals surface area contributed by atoms with E-state index in [0.717, 1.165) is 17.9 Å². The number of thioether (sulfide) groups is 1. The van der Waals surface area contributed by atoms with Crippen molar-refractivity contribution in [1.29, 1.82) is 0 Å². The molecule has 0 aliphatic carbocycles. The van der Waals surface area contributed by atoms with Gasteiger partial charge in [-0.25, -0.2) is 0 Å². The molecule has 1 aliphatic heterocycles. The predicted molar refractivity (Wildman–Crippen MR) is 81.1 cm³/mol. The first-order chi connectivity index (χ1) is 9.15. The molecule has 1 aromatic carbocycles. The first-order valence-corrected chi connectivity index (χ1v) is 7.78. The summed E-state index contributed by atoms with van der Waals surface area (Å²) in [6.45, 7) is 7.43. The van der Waals surface area contributed by atoms with Gasteiger partial charge in [0.25, 0.3) is 0 Å². The van der Waals surface area contributed by atoms with Gasteiger partial charge in [0, 0.05) is 48.9 Å². The minimum atomic E-state index is 0.140. The maximum atomic E-state index is 11.3. The summed E-state index contributed by atoms with van der Waals surface area (Å²) in [5.41, 5.74) is 0.810. The zero-order valence-corrected chi connectivity index (χ0v) is 12.6. The maximum absolute atomic E-state index is 11.3. The lowest BCUT2D eigenvalue weighted by molar-refractivity contribution is 0.101. The van der Waals surface area contributed by atoms with E-state index >= 15 is 0 Å². The fourth-order valence-corrected chi connectivity index (χ4v) is 3.14. The predicted octanol–water partition coefficient (Wildman–Crippen LogP) is 2.23. The highest BCUT2D eigenvalue weighted by atomic mass is 32.2. The quantitative estimate of drug-likeness (QED) is 0.609. The first-order valence-electron chi connectivity index (χ1n) is 6.80. The smallest absolute Gasteiger partial charge is 0.159 e. The van der Waals surface area contributed by atoms with Gasteiger partial charge in [-0.3, -0.25) is 9.69 Å². The van der Waals surface area contributed by atoms with E-state index in [0.29, 0.717) is 0 Å². The highest BCUT2D eigenvalue weighted by Gasteiger charge is 2.13. The minimum Gasteiger partial charge on any atom is -0.304 e. The van der Waals surface area contributed by atoms with Crippen molar-refractivity contribution in [2.45, 2.75) is 11.8 Å². The third kappa shape index (κ3) is 4.64. The molecule has 4 heteroatoms. The van der Waals surface area contributed by atoms with Gasteiger partial charge in [0.05, 0.1) is 0 Å². The topological polar surface area (TPSA) is 23.6 Å². The lowest BCUT2D eigenvalue weighted by atomic mass is 10.2. The zero-order chi connectivity index (χ0) is 13.7. The lowest BCUT2D eigenvalue weighted by Crippen LogP contribution is -2.45. The second kappa shape index (κ2) is 7.08. The molecule has 3 nitrogen and oxygen atoms in total. The number of hydrogen-bond acceptors (Lipinski definition) is 4. The summed E-state index contributed by atoms with van der Waals surface area (Å²) in [6, 6.07) is 7.93. The summed E-state index contributed by atoms with van der Waals surface area (Å²) in [5, 5.41) is 0. The molecule has 0 amide bonds. The van der Waals surface area contributed by atoms with Gasteiger partial charge in [-0.05, 0) is 26.1 Å². The normalized spacial score (nSPS) is 17.6. The molecule has 1 heterocycles. The molecule has 1 aromatic rings. The lowest BCUT2D eigenvalue weighted by Gasteiger charge is -2.32. The standard InChI is InChI=1S/C15H22N2OS/c1-13(18)14-4-3-5-15(12-14)19-11-10-17-8-6-16(2)7-9-17/h3-5,12H,6-11H2,1-2H3. The van der Waals surface area contributed by atoms with Crippen molar-refractivity contribution in [3.8, 4) is 0 Å². The van der Waals surface area contributed by atoms with E-state index in [1.165, 1.54) is 31.1 Å². The average molecular weight is 278 g/mol. The van der Waals surface area contributed by atoms with Crippen molar-refractivity contribution in [2.24, 2.45) is 0 Å². The van der Waals surface area contributed by atoms with Crippen LogP contribution in [-0.2, 0) is 0 Å². The third-order valence-corrected chi connectivity index (χ3v) is 4.49. The van der Waals surface area contributed by atoms with Crippen molar-refractivity contribution < 1.29 is 4.79 Å². The van der Waals surface area contributed by atoms with E-state index in [2.05, 4.69) is 22.9 Å². The molecule has 104 valence electrons. The molecule has 0 radical (unpaired) electrons. The van der Waals surface area contributed by atoms with E-state index in [1.54, 1.807) is 6.92 Å². The average Bonchev–Trinajstić information content (AvgIpc) is 2.41. The Kier molecular flexibility index (Phi) is 5.43. The van der Waals surface area contributed by atoms with Crippen molar-refractivity contribution in [3.05, 3.63) is 29.8 Å². The summed E-state index contributed by atoms with van der Waals surface area (Å²) in [6.07, 6.45) is 0. The summed E-state index contributed by atoms with van der Waals surface area (Å²) in [7, 11) is 2.18. The number of rotatable bonds is 5. The Balaban J connectivity index is 1.76. The third-order valence-electron chi connectivity index (χ3n) is 3.51. The number of hydrogen-bond donors (Lipinski definition) is 0. The molecule has 19 heavy (non-hydrogen) atoms. The Hall–Kier alpha value is -0.840. The Labute approximate surface area is 120 Å². The van der Waals surface area contributed by atoms with Gasteiger partial charge in [0.2, 0.25) is 0 Å². The molecule has 1 aliphatic rings. The van der Waals surface area contributed by atoms with E-state index in [-0.39, 0.29) is 5.78 Å². The van der Waals surface area contributed by atoms with Crippen LogP contribution in [0.15, 0.2) is 29.2 Å². The molecular weight excluding hydrogens is 256 g/mol. The van der Waals surface area contributed by atoms with Crippen molar-refractivity contribution in [1.82, 2.24) is 9.80 Å². The van der Waals surface area contributed by atoms with Crippen LogP contribution < -0.4 is 0 Å². The van der Waals surface area contributed by atoms with E-state index in [1.807, 2.05) is 30.0 Å². The van der Waals surface area contributed by atoms with Gasteiger partial charge >= 0.3 is 0 Å². The van der Waals surface area contributed by atoms with Gasteiger partial charge in [0.1, 0.15) is 0 Å². The van der Waals surface area contributed by atoms with Gasteiger partial charge in [-0.15, -0.1) is 11.8 Å². The van der Waals surface area contributed by atoms with Crippen LogP contribution in [0.5, 0.6) is 0 Å². The van der Waals surface area contributed by atoms with Gasteiger partial charge in [-0.2, -0.15) is 0 Å². The van der Waals surface area contributed by atoms with Gasteiger partial charge < -0.3 is 4.90 Å². The number of carbonyl (C=O) groups excluding carboxylic acids is 1. The van der Waals surface area contributed by atoms with E-state index in [9.17, 15) is 4.79 Å². The summed E-state index contributed by atoms with van der Waals surface area (Å²) in [4.78, 5) is 17.4. The fourth-order valence-electron chi connectivity index (χ4n) is 2.17. The number of nitrogens with zero attached hydrogens (tertiary/aromatic N) is 2. The Morgan fingerprint density at radius 2 is 2.00 bits per heavy atom. The molecule has 0 saturated carbocycles. The molecular formula is C15H22N2OS. The van der Waals surface area contributed by atoms with Crippen LogP contribution in [0.3, 0.4) is 0 Å². The molecule has 0 spiro atoms. The number of piperazine rings is 1. The summed E-state index contributed by atoms with van der Waals surface area (Å²) < 4.78 is 0. The molecule has 0 atom stereocenters. The number of benzene rings is 1. The van der Waals surface area contributed by atoms with Crippen molar-refractivity contribution in [2.75, 3.05) is 45.5 Å². The van der Waals surface area contributed by atoms with Crippen LogP contribution >= 0.6 is 11.8 Å². The molecule has 0 N–H and O–H groups in total. The molecule has 0 unspecified atom stereocenters. The number of carbonyl (C=O) groups is 1. The minimum absolute atomic E-state index is 0.140.